The molecule has 0 saturated heterocycles. The Bertz CT molecular complexity index is 136. The van der Waals surface area contributed by atoms with Gasteiger partial charge in [-0.3, -0.25) is 0 Å². The number of aliphatic hydroxyl groups excluding tert-OH is 1. The molecular weight excluding hydrogens is 114 g/mol. The molecule has 9 heavy (non-hydrogen) atoms. The van der Waals surface area contributed by atoms with Crippen LogP contribution >= 0.6 is 0 Å². The SMILES string of the molecule is C/C=C(C)\C(O)=C\NC. The number of hydrogen-bond acceptors (Lipinski definition) is 2. The van der Waals surface area contributed by atoms with E-state index < -0.39 is 0 Å². The molecule has 0 aromatic rings. The lowest BCUT2D eigenvalue weighted by Crippen LogP contribution is -1.96. The van der Waals surface area contributed by atoms with Crippen LogP contribution < -0.4 is 5.32 Å². The standard InChI is InChI=1S/C7H13NO/c1-4-6(2)7(9)5-8-3/h4-5,8-9H,1-3H3/b6-4-,7-5-. The third-order valence-corrected chi connectivity index (χ3v) is 1.12. The fourth-order valence-corrected chi connectivity index (χ4v) is 0.398. The van der Waals surface area contributed by atoms with Gasteiger partial charge in [0.2, 0.25) is 0 Å². The van der Waals surface area contributed by atoms with E-state index in [1.807, 2.05) is 19.9 Å². The molecule has 0 rings (SSSR count). The second-order valence-electron chi connectivity index (χ2n) is 1.79. The van der Waals surface area contributed by atoms with E-state index in [0.29, 0.717) is 5.76 Å². The molecule has 0 radical (unpaired) electrons. The van der Waals surface area contributed by atoms with E-state index in [9.17, 15) is 0 Å². The second kappa shape index (κ2) is 4.01. The summed E-state index contributed by atoms with van der Waals surface area (Å²) in [5, 5.41) is 11.8. The molecule has 0 saturated carbocycles. The van der Waals surface area contributed by atoms with Crippen molar-refractivity contribution in [2.24, 2.45) is 0 Å². The fourth-order valence-electron chi connectivity index (χ4n) is 0.398. The minimum Gasteiger partial charge on any atom is -0.506 e. The van der Waals surface area contributed by atoms with Crippen molar-refractivity contribution in [1.29, 1.82) is 0 Å². The van der Waals surface area contributed by atoms with Crippen LogP contribution in [0.3, 0.4) is 0 Å². The van der Waals surface area contributed by atoms with E-state index >= 15 is 0 Å². The Hall–Kier alpha value is -0.920. The van der Waals surface area contributed by atoms with Crippen molar-refractivity contribution in [2.45, 2.75) is 13.8 Å². The van der Waals surface area contributed by atoms with Crippen molar-refractivity contribution >= 4 is 0 Å². The molecule has 2 heteroatoms. The summed E-state index contributed by atoms with van der Waals surface area (Å²) in [5.74, 6) is 0.292. The molecule has 0 aliphatic rings. The van der Waals surface area contributed by atoms with Crippen molar-refractivity contribution in [3.05, 3.63) is 23.6 Å². The number of rotatable bonds is 2. The average Bonchev–Trinajstić information content (AvgIpc) is 1.87. The molecule has 0 aromatic carbocycles. The van der Waals surface area contributed by atoms with Gasteiger partial charge in [-0.05, 0) is 19.4 Å². The Morgan fingerprint density at radius 3 is 2.44 bits per heavy atom. The maximum Gasteiger partial charge on any atom is 0.133 e. The van der Waals surface area contributed by atoms with Gasteiger partial charge in [-0.15, -0.1) is 0 Å². The highest BCUT2D eigenvalue weighted by atomic mass is 16.3. The Balaban J connectivity index is 4.03. The van der Waals surface area contributed by atoms with E-state index in [-0.39, 0.29) is 0 Å². The van der Waals surface area contributed by atoms with Crippen molar-refractivity contribution < 1.29 is 5.11 Å². The van der Waals surface area contributed by atoms with Crippen LogP contribution in [0.25, 0.3) is 0 Å². The van der Waals surface area contributed by atoms with Gasteiger partial charge < -0.3 is 10.4 Å². The molecule has 0 amide bonds. The highest BCUT2D eigenvalue weighted by Crippen LogP contribution is 2.01. The smallest absolute Gasteiger partial charge is 0.133 e. The molecule has 0 atom stereocenters. The summed E-state index contributed by atoms with van der Waals surface area (Å²) in [6, 6.07) is 0. The van der Waals surface area contributed by atoms with E-state index in [4.69, 9.17) is 5.11 Å². The minimum atomic E-state index is 0.292. The summed E-state index contributed by atoms with van der Waals surface area (Å²) in [7, 11) is 1.75. The van der Waals surface area contributed by atoms with Gasteiger partial charge in [0.25, 0.3) is 0 Å². The lowest BCUT2D eigenvalue weighted by Gasteiger charge is -1.96. The van der Waals surface area contributed by atoms with Gasteiger partial charge in [0.15, 0.2) is 0 Å². The number of aliphatic hydroxyl groups is 1. The first-order valence-electron chi connectivity index (χ1n) is 2.92. The maximum absolute atomic E-state index is 9.05. The molecule has 0 bridgehead atoms. The molecule has 2 N–H and O–H groups in total. The molecule has 0 heterocycles. The predicted molar refractivity (Wildman–Crippen MR) is 39.2 cm³/mol. The lowest BCUT2D eigenvalue weighted by molar-refractivity contribution is 0.419. The number of nitrogens with one attached hydrogen (secondary N) is 1. The molecule has 0 unspecified atom stereocenters. The molecule has 0 aromatic heterocycles. The minimum absolute atomic E-state index is 0.292. The Labute approximate surface area is 55.9 Å². The Kier molecular flexibility index (Phi) is 3.60. The Morgan fingerprint density at radius 2 is 2.11 bits per heavy atom. The first-order valence-corrected chi connectivity index (χ1v) is 2.92. The summed E-state index contributed by atoms with van der Waals surface area (Å²) < 4.78 is 0. The van der Waals surface area contributed by atoms with Gasteiger partial charge in [-0.1, -0.05) is 6.08 Å². The van der Waals surface area contributed by atoms with Crippen LogP contribution in [-0.4, -0.2) is 12.2 Å². The molecule has 0 aliphatic heterocycles. The second-order valence-corrected chi connectivity index (χ2v) is 1.79. The third-order valence-electron chi connectivity index (χ3n) is 1.12. The average molecular weight is 127 g/mol. The molecule has 0 aliphatic carbocycles. The van der Waals surface area contributed by atoms with E-state index in [2.05, 4.69) is 5.32 Å². The van der Waals surface area contributed by atoms with Crippen LogP contribution in [-0.2, 0) is 0 Å². The first-order chi connectivity index (χ1) is 4.22. The zero-order valence-electron chi connectivity index (χ0n) is 6.10. The quantitative estimate of drug-likeness (QED) is 0.436. The van der Waals surface area contributed by atoms with Gasteiger partial charge in [-0.2, -0.15) is 0 Å². The predicted octanol–water partition coefficient (Wildman–Crippen LogP) is 1.57. The van der Waals surface area contributed by atoms with Crippen molar-refractivity contribution in [2.75, 3.05) is 7.05 Å². The van der Waals surface area contributed by atoms with Crippen LogP contribution in [0.5, 0.6) is 0 Å². The lowest BCUT2D eigenvalue weighted by atomic mass is 10.2. The van der Waals surface area contributed by atoms with Crippen LogP contribution in [0, 0.1) is 0 Å². The summed E-state index contributed by atoms with van der Waals surface area (Å²) in [5.41, 5.74) is 0.879. The largest absolute Gasteiger partial charge is 0.506 e. The van der Waals surface area contributed by atoms with Crippen LogP contribution in [0.1, 0.15) is 13.8 Å². The fraction of sp³-hybridized carbons (Fsp3) is 0.429. The summed E-state index contributed by atoms with van der Waals surface area (Å²) in [6.45, 7) is 3.73. The van der Waals surface area contributed by atoms with Crippen molar-refractivity contribution in [3.63, 3.8) is 0 Å². The summed E-state index contributed by atoms with van der Waals surface area (Å²) in [4.78, 5) is 0. The summed E-state index contributed by atoms with van der Waals surface area (Å²) in [6.07, 6.45) is 3.40. The maximum atomic E-state index is 9.05. The topological polar surface area (TPSA) is 32.3 Å². The van der Waals surface area contributed by atoms with Gasteiger partial charge in [0, 0.05) is 13.2 Å². The van der Waals surface area contributed by atoms with E-state index in [0.717, 1.165) is 5.57 Å². The van der Waals surface area contributed by atoms with Crippen LogP contribution in [0.15, 0.2) is 23.6 Å². The molecule has 0 spiro atoms. The first kappa shape index (κ1) is 8.08. The van der Waals surface area contributed by atoms with Crippen molar-refractivity contribution in [1.82, 2.24) is 5.32 Å². The third kappa shape index (κ3) is 2.80. The van der Waals surface area contributed by atoms with Crippen LogP contribution in [0.2, 0.25) is 0 Å². The molecular formula is C7H13NO. The van der Waals surface area contributed by atoms with Crippen molar-refractivity contribution in [3.8, 4) is 0 Å². The van der Waals surface area contributed by atoms with Gasteiger partial charge >= 0.3 is 0 Å². The van der Waals surface area contributed by atoms with Gasteiger partial charge in [0.05, 0.1) is 0 Å². The normalized spacial score (nSPS) is 13.7. The van der Waals surface area contributed by atoms with Gasteiger partial charge in [-0.25, -0.2) is 0 Å². The van der Waals surface area contributed by atoms with Crippen LogP contribution in [0.4, 0.5) is 0 Å². The highest BCUT2D eigenvalue weighted by Gasteiger charge is 1.90. The Morgan fingerprint density at radius 1 is 1.56 bits per heavy atom. The zero-order valence-corrected chi connectivity index (χ0v) is 6.10. The number of hydrogen-bond donors (Lipinski definition) is 2. The molecule has 2 nitrogen and oxygen atoms in total. The monoisotopic (exact) mass is 127 g/mol. The highest BCUT2D eigenvalue weighted by molar-refractivity contribution is 5.20. The molecule has 0 fully saturated rings. The van der Waals surface area contributed by atoms with E-state index in [1.165, 1.54) is 0 Å². The molecule has 52 valence electrons. The summed E-state index contributed by atoms with van der Waals surface area (Å²) >= 11 is 0. The van der Waals surface area contributed by atoms with E-state index in [1.54, 1.807) is 13.2 Å². The number of allylic oxidation sites excluding steroid dienone is 2. The zero-order chi connectivity index (χ0) is 7.28. The van der Waals surface area contributed by atoms with Gasteiger partial charge in [0.1, 0.15) is 5.76 Å².